The van der Waals surface area contributed by atoms with Crippen LogP contribution < -0.4 is 0 Å². The van der Waals surface area contributed by atoms with Crippen LogP contribution in [-0.4, -0.2) is 5.78 Å². The Morgan fingerprint density at radius 1 is 0.905 bits per heavy atom. The van der Waals surface area contributed by atoms with Crippen molar-refractivity contribution in [3.8, 4) is 0 Å². The summed E-state index contributed by atoms with van der Waals surface area (Å²) in [5.41, 5.74) is 2.66. The topological polar surface area (TPSA) is 17.1 Å². The van der Waals surface area contributed by atoms with Crippen LogP contribution in [0.3, 0.4) is 0 Å². The van der Waals surface area contributed by atoms with Gasteiger partial charge in [-0.05, 0) is 34.7 Å². The molecule has 0 unspecified atom stereocenters. The first kappa shape index (κ1) is 15.4. The predicted octanol–water partition coefficient (Wildman–Crippen LogP) is 4.44. The summed E-state index contributed by atoms with van der Waals surface area (Å²) < 4.78 is 25.9. The SMILES string of the molecule is CC(C)c1ccc(CC(=O)Cc2ccc(F)c(F)c2)cc1. The highest BCUT2D eigenvalue weighted by atomic mass is 19.2. The number of ketones is 1. The second kappa shape index (κ2) is 6.61. The fourth-order valence-corrected chi connectivity index (χ4v) is 2.19. The van der Waals surface area contributed by atoms with E-state index in [0.717, 1.165) is 17.7 Å². The van der Waals surface area contributed by atoms with Crippen LogP contribution in [0, 0.1) is 11.6 Å². The number of halogens is 2. The highest BCUT2D eigenvalue weighted by Gasteiger charge is 2.09. The summed E-state index contributed by atoms with van der Waals surface area (Å²) in [6.45, 7) is 4.23. The van der Waals surface area contributed by atoms with Gasteiger partial charge in [-0.25, -0.2) is 8.78 Å². The van der Waals surface area contributed by atoms with Crippen molar-refractivity contribution < 1.29 is 13.6 Å². The molecule has 0 aliphatic heterocycles. The Labute approximate surface area is 123 Å². The molecule has 0 saturated heterocycles. The lowest BCUT2D eigenvalue weighted by atomic mass is 9.98. The van der Waals surface area contributed by atoms with Crippen LogP contribution in [0.2, 0.25) is 0 Å². The van der Waals surface area contributed by atoms with E-state index in [2.05, 4.69) is 13.8 Å². The Bertz CT molecular complexity index is 630. The minimum absolute atomic E-state index is 0.0155. The molecule has 0 fully saturated rings. The largest absolute Gasteiger partial charge is 0.299 e. The maximum absolute atomic E-state index is 13.1. The summed E-state index contributed by atoms with van der Waals surface area (Å²) >= 11 is 0. The summed E-state index contributed by atoms with van der Waals surface area (Å²) in [4.78, 5) is 12.0. The first-order chi connectivity index (χ1) is 9.95. The van der Waals surface area contributed by atoms with Crippen molar-refractivity contribution >= 4 is 5.78 Å². The third-order valence-electron chi connectivity index (χ3n) is 3.43. The molecule has 1 nitrogen and oxygen atoms in total. The summed E-state index contributed by atoms with van der Waals surface area (Å²) in [6.07, 6.45) is 0.417. The molecule has 0 aromatic heterocycles. The van der Waals surface area contributed by atoms with Crippen molar-refractivity contribution in [1.29, 1.82) is 0 Å². The molecule has 0 atom stereocenters. The molecule has 0 radical (unpaired) electrons. The van der Waals surface area contributed by atoms with Crippen molar-refractivity contribution in [1.82, 2.24) is 0 Å². The van der Waals surface area contributed by atoms with E-state index in [1.165, 1.54) is 11.6 Å². The first-order valence-electron chi connectivity index (χ1n) is 7.00. The first-order valence-corrected chi connectivity index (χ1v) is 7.00. The molecule has 0 bridgehead atoms. The highest BCUT2D eigenvalue weighted by molar-refractivity contribution is 5.83. The van der Waals surface area contributed by atoms with Crippen molar-refractivity contribution in [2.75, 3.05) is 0 Å². The van der Waals surface area contributed by atoms with Crippen LogP contribution >= 0.6 is 0 Å². The molecule has 2 aromatic rings. The van der Waals surface area contributed by atoms with Gasteiger partial charge in [-0.3, -0.25) is 4.79 Å². The van der Waals surface area contributed by atoms with Crippen LogP contribution in [0.1, 0.15) is 36.5 Å². The third kappa shape index (κ3) is 4.22. The number of rotatable bonds is 5. The van der Waals surface area contributed by atoms with Crippen molar-refractivity contribution in [3.63, 3.8) is 0 Å². The lowest BCUT2D eigenvalue weighted by Gasteiger charge is -2.07. The molecule has 0 N–H and O–H groups in total. The molecule has 0 spiro atoms. The predicted molar refractivity (Wildman–Crippen MR) is 79.3 cm³/mol. The molecule has 0 aliphatic carbocycles. The average Bonchev–Trinajstić information content (AvgIpc) is 2.43. The Morgan fingerprint density at radius 3 is 2.05 bits per heavy atom. The lowest BCUT2D eigenvalue weighted by Crippen LogP contribution is -2.07. The van der Waals surface area contributed by atoms with E-state index in [1.807, 2.05) is 24.3 Å². The van der Waals surface area contributed by atoms with Gasteiger partial charge in [0.2, 0.25) is 0 Å². The molecule has 21 heavy (non-hydrogen) atoms. The van der Waals surface area contributed by atoms with Crippen molar-refractivity contribution in [2.45, 2.75) is 32.6 Å². The van der Waals surface area contributed by atoms with Gasteiger partial charge in [-0.15, -0.1) is 0 Å². The minimum atomic E-state index is -0.915. The maximum Gasteiger partial charge on any atom is 0.159 e. The van der Waals surface area contributed by atoms with E-state index in [0.29, 0.717) is 17.9 Å². The van der Waals surface area contributed by atoms with Gasteiger partial charge in [0.05, 0.1) is 0 Å². The molecule has 3 heteroatoms. The maximum atomic E-state index is 13.1. The molecule has 0 aliphatic rings. The summed E-state index contributed by atoms with van der Waals surface area (Å²) in [7, 11) is 0. The molecular weight excluding hydrogens is 270 g/mol. The molecule has 0 saturated carbocycles. The third-order valence-corrected chi connectivity index (χ3v) is 3.43. The molecule has 2 aromatic carbocycles. The number of hydrogen-bond acceptors (Lipinski definition) is 1. The fourth-order valence-electron chi connectivity index (χ4n) is 2.19. The number of carbonyl (C=O) groups excluding carboxylic acids is 1. The molecule has 110 valence electrons. The van der Waals surface area contributed by atoms with Gasteiger partial charge in [0.1, 0.15) is 5.78 Å². The van der Waals surface area contributed by atoms with E-state index >= 15 is 0 Å². The minimum Gasteiger partial charge on any atom is -0.299 e. The molecule has 2 rings (SSSR count). The van der Waals surface area contributed by atoms with Crippen LogP contribution in [0.15, 0.2) is 42.5 Å². The van der Waals surface area contributed by atoms with Gasteiger partial charge in [0, 0.05) is 12.8 Å². The van der Waals surface area contributed by atoms with Gasteiger partial charge in [0.25, 0.3) is 0 Å². The Balaban J connectivity index is 1.99. The van der Waals surface area contributed by atoms with Gasteiger partial charge >= 0.3 is 0 Å². The fraction of sp³-hybridized carbons (Fsp3) is 0.278. The van der Waals surface area contributed by atoms with E-state index < -0.39 is 11.6 Å². The Kier molecular flexibility index (Phi) is 4.84. The zero-order valence-corrected chi connectivity index (χ0v) is 12.2. The van der Waals surface area contributed by atoms with Gasteiger partial charge in [0.15, 0.2) is 11.6 Å². The second-order valence-electron chi connectivity index (χ2n) is 5.54. The normalized spacial score (nSPS) is 10.9. The average molecular weight is 288 g/mol. The molecule has 0 amide bonds. The van der Waals surface area contributed by atoms with Gasteiger partial charge in [-0.2, -0.15) is 0 Å². The number of carbonyl (C=O) groups is 1. The standard InChI is InChI=1S/C18H18F2O/c1-12(2)15-6-3-13(4-7-15)9-16(21)10-14-5-8-17(19)18(20)11-14/h3-8,11-12H,9-10H2,1-2H3. The highest BCUT2D eigenvalue weighted by Crippen LogP contribution is 2.16. The zero-order chi connectivity index (χ0) is 15.4. The second-order valence-corrected chi connectivity index (χ2v) is 5.54. The van der Waals surface area contributed by atoms with Gasteiger partial charge < -0.3 is 0 Å². The number of Topliss-reactive ketones (excluding diaryl/α,β-unsaturated/α-hetero) is 1. The van der Waals surface area contributed by atoms with Crippen LogP contribution in [-0.2, 0) is 17.6 Å². The summed E-state index contributed by atoms with van der Waals surface area (Å²) in [5, 5.41) is 0. The van der Waals surface area contributed by atoms with E-state index in [9.17, 15) is 13.6 Å². The Hall–Kier alpha value is -2.03. The monoisotopic (exact) mass is 288 g/mol. The van der Waals surface area contributed by atoms with E-state index in [-0.39, 0.29) is 12.2 Å². The lowest BCUT2D eigenvalue weighted by molar-refractivity contribution is -0.117. The zero-order valence-electron chi connectivity index (χ0n) is 12.2. The summed E-state index contributed by atoms with van der Waals surface area (Å²) in [6, 6.07) is 11.5. The van der Waals surface area contributed by atoms with E-state index in [4.69, 9.17) is 0 Å². The van der Waals surface area contributed by atoms with Crippen LogP contribution in [0.5, 0.6) is 0 Å². The number of benzene rings is 2. The summed E-state index contributed by atoms with van der Waals surface area (Å²) in [5.74, 6) is -1.37. The smallest absolute Gasteiger partial charge is 0.159 e. The van der Waals surface area contributed by atoms with Crippen molar-refractivity contribution in [3.05, 3.63) is 70.8 Å². The molecular formula is C18H18F2O. The van der Waals surface area contributed by atoms with Crippen LogP contribution in [0.25, 0.3) is 0 Å². The van der Waals surface area contributed by atoms with Gasteiger partial charge in [-0.1, -0.05) is 44.2 Å². The number of hydrogen-bond donors (Lipinski definition) is 0. The Morgan fingerprint density at radius 2 is 1.48 bits per heavy atom. The quantitative estimate of drug-likeness (QED) is 0.794. The molecule has 0 heterocycles. The van der Waals surface area contributed by atoms with Crippen LogP contribution in [0.4, 0.5) is 8.78 Å². The van der Waals surface area contributed by atoms with E-state index in [1.54, 1.807) is 0 Å². The van der Waals surface area contributed by atoms with Crippen molar-refractivity contribution in [2.24, 2.45) is 0 Å².